The van der Waals surface area contributed by atoms with Gasteiger partial charge in [0.25, 0.3) is 0 Å². The molecule has 1 aromatic heterocycles. The average molecular weight is 543 g/mol. The maximum absolute atomic E-state index is 14.3. The Morgan fingerprint density at radius 1 is 1.02 bits per heavy atom. The van der Waals surface area contributed by atoms with Gasteiger partial charge in [0, 0.05) is 36.1 Å². The number of amides is 3. The van der Waals surface area contributed by atoms with Crippen LogP contribution in [0.1, 0.15) is 56.2 Å². The molecule has 4 N–H and O–H groups in total. The van der Waals surface area contributed by atoms with Crippen LogP contribution in [0, 0.1) is 23.7 Å². The molecule has 2 aromatic carbocycles. The van der Waals surface area contributed by atoms with Crippen LogP contribution < -0.4 is 10.6 Å². The SMILES string of the molecule is CC(Cc1c[nH]c2ccccc12)(C(=O)NCC(NC=O)c1ccccc1)N(C(=O)O)C1C2CC3CC(C2)CC1C3. The summed E-state index contributed by atoms with van der Waals surface area (Å²) in [4.78, 5) is 43.7. The summed E-state index contributed by atoms with van der Waals surface area (Å²) >= 11 is 0. The van der Waals surface area contributed by atoms with Gasteiger partial charge >= 0.3 is 6.09 Å². The minimum absolute atomic E-state index is 0.153. The molecule has 8 nitrogen and oxygen atoms in total. The van der Waals surface area contributed by atoms with Gasteiger partial charge in [-0.2, -0.15) is 0 Å². The first-order valence-corrected chi connectivity index (χ1v) is 14.5. The molecule has 2 atom stereocenters. The van der Waals surface area contributed by atoms with Crippen molar-refractivity contribution in [2.24, 2.45) is 23.7 Å². The smallest absolute Gasteiger partial charge is 0.408 e. The normalized spacial score (nSPS) is 27.1. The Morgan fingerprint density at radius 3 is 2.33 bits per heavy atom. The molecule has 0 saturated heterocycles. The summed E-state index contributed by atoms with van der Waals surface area (Å²) in [7, 11) is 0. The van der Waals surface area contributed by atoms with Gasteiger partial charge in [-0.25, -0.2) is 4.79 Å². The number of carbonyl (C=O) groups is 3. The van der Waals surface area contributed by atoms with Crippen LogP contribution >= 0.6 is 0 Å². The first-order valence-electron chi connectivity index (χ1n) is 14.5. The number of benzene rings is 2. The van der Waals surface area contributed by atoms with E-state index in [-0.39, 0.29) is 36.8 Å². The highest BCUT2D eigenvalue weighted by Gasteiger charge is 2.56. The third-order valence-corrected chi connectivity index (χ3v) is 9.85. The maximum Gasteiger partial charge on any atom is 0.408 e. The number of carbonyl (C=O) groups excluding carboxylic acids is 2. The molecule has 0 spiro atoms. The van der Waals surface area contributed by atoms with Gasteiger partial charge in [-0.15, -0.1) is 0 Å². The van der Waals surface area contributed by atoms with E-state index in [2.05, 4.69) is 15.6 Å². The van der Waals surface area contributed by atoms with Crippen molar-refractivity contribution in [1.29, 1.82) is 0 Å². The molecule has 4 fully saturated rings. The van der Waals surface area contributed by atoms with Gasteiger partial charge in [0.15, 0.2) is 0 Å². The highest BCUT2D eigenvalue weighted by molar-refractivity contribution is 5.91. The lowest BCUT2D eigenvalue weighted by Crippen LogP contribution is -2.68. The Bertz CT molecular complexity index is 1360. The quantitative estimate of drug-likeness (QED) is 0.274. The van der Waals surface area contributed by atoms with Crippen LogP contribution in [-0.4, -0.2) is 51.5 Å². The Balaban J connectivity index is 1.35. The molecular weight excluding hydrogens is 504 g/mol. The molecule has 3 amide bonds. The van der Waals surface area contributed by atoms with Crippen LogP contribution in [-0.2, 0) is 16.0 Å². The van der Waals surface area contributed by atoms with Gasteiger partial charge < -0.3 is 20.7 Å². The largest absolute Gasteiger partial charge is 0.465 e. The molecule has 4 saturated carbocycles. The molecule has 3 aromatic rings. The number of fused-ring (bicyclic) bond motifs is 1. The Morgan fingerprint density at radius 2 is 1.68 bits per heavy atom. The van der Waals surface area contributed by atoms with E-state index >= 15 is 0 Å². The second-order valence-electron chi connectivity index (χ2n) is 12.3. The summed E-state index contributed by atoms with van der Waals surface area (Å²) in [5, 5.41) is 17.6. The van der Waals surface area contributed by atoms with Gasteiger partial charge in [0.05, 0.1) is 6.04 Å². The fraction of sp³-hybridized carbons (Fsp3) is 0.469. The van der Waals surface area contributed by atoms with E-state index in [0.717, 1.165) is 47.7 Å². The van der Waals surface area contributed by atoms with Gasteiger partial charge in [-0.05, 0) is 79.9 Å². The van der Waals surface area contributed by atoms with E-state index in [1.54, 1.807) is 6.92 Å². The number of nitrogens with zero attached hydrogens (tertiary/aromatic N) is 1. The predicted octanol–water partition coefficient (Wildman–Crippen LogP) is 4.88. The van der Waals surface area contributed by atoms with Crippen molar-refractivity contribution >= 4 is 29.3 Å². The van der Waals surface area contributed by atoms with Gasteiger partial charge in [-0.3, -0.25) is 14.5 Å². The number of hydrogen-bond donors (Lipinski definition) is 4. The molecule has 0 radical (unpaired) electrons. The Hall–Kier alpha value is -3.81. The minimum atomic E-state index is -1.35. The molecule has 7 rings (SSSR count). The van der Waals surface area contributed by atoms with Crippen LogP contribution in [0.5, 0.6) is 0 Å². The number of nitrogens with one attached hydrogen (secondary N) is 3. The average Bonchev–Trinajstić information content (AvgIpc) is 3.35. The monoisotopic (exact) mass is 542 g/mol. The van der Waals surface area contributed by atoms with Crippen molar-refractivity contribution in [3.63, 3.8) is 0 Å². The number of para-hydroxylation sites is 1. The zero-order valence-corrected chi connectivity index (χ0v) is 22.9. The number of carboxylic acid groups (broad SMARTS) is 1. The number of rotatable bonds is 10. The molecule has 4 aliphatic rings. The van der Waals surface area contributed by atoms with E-state index in [1.165, 1.54) is 11.3 Å². The van der Waals surface area contributed by atoms with Crippen molar-refractivity contribution in [3.05, 3.63) is 71.9 Å². The molecular formula is C32H38N4O4. The highest BCUT2D eigenvalue weighted by Crippen LogP contribution is 2.56. The van der Waals surface area contributed by atoms with Crippen molar-refractivity contribution in [2.45, 2.75) is 63.1 Å². The molecule has 40 heavy (non-hydrogen) atoms. The van der Waals surface area contributed by atoms with Crippen LogP contribution in [0.4, 0.5) is 4.79 Å². The zero-order valence-electron chi connectivity index (χ0n) is 22.9. The lowest BCUT2D eigenvalue weighted by atomic mass is 9.53. The molecule has 0 aliphatic heterocycles. The minimum Gasteiger partial charge on any atom is -0.465 e. The van der Waals surface area contributed by atoms with E-state index in [1.807, 2.05) is 60.8 Å². The number of hydrogen-bond acceptors (Lipinski definition) is 3. The van der Waals surface area contributed by atoms with Crippen LogP contribution in [0.3, 0.4) is 0 Å². The molecule has 8 heteroatoms. The third kappa shape index (κ3) is 4.73. The molecule has 210 valence electrons. The van der Waals surface area contributed by atoms with Gasteiger partial charge in [0.1, 0.15) is 5.54 Å². The van der Waals surface area contributed by atoms with Crippen molar-refractivity contribution in [2.75, 3.05) is 6.54 Å². The molecule has 4 bridgehead atoms. The standard InChI is InChI=1S/C32H38N4O4/c1-32(16-25-17-33-27-10-6-5-9-26(25)27,30(38)34-18-28(35-19-37)22-7-3-2-4-8-22)36(31(39)40)29-23-12-20-11-21(14-23)15-24(29)13-20/h2-10,17,19-21,23-24,28-29,33H,11-16,18H2,1H3,(H,34,38)(H,35,37)(H,39,40). The fourth-order valence-corrected chi connectivity index (χ4v) is 8.33. The third-order valence-electron chi connectivity index (χ3n) is 9.85. The first kappa shape index (κ1) is 26.4. The van der Waals surface area contributed by atoms with Gasteiger partial charge in [0.2, 0.25) is 12.3 Å². The number of aromatic nitrogens is 1. The van der Waals surface area contributed by atoms with E-state index in [9.17, 15) is 19.5 Å². The summed E-state index contributed by atoms with van der Waals surface area (Å²) in [6.45, 7) is 1.94. The van der Waals surface area contributed by atoms with Gasteiger partial charge in [-0.1, -0.05) is 48.5 Å². The summed E-state index contributed by atoms with van der Waals surface area (Å²) in [6.07, 6.45) is 7.19. The lowest BCUT2D eigenvalue weighted by Gasteiger charge is -2.59. The maximum atomic E-state index is 14.3. The lowest BCUT2D eigenvalue weighted by molar-refractivity contribution is -0.140. The molecule has 4 aliphatic carbocycles. The first-order chi connectivity index (χ1) is 19.4. The van der Waals surface area contributed by atoms with Crippen molar-refractivity contribution in [3.8, 4) is 0 Å². The van der Waals surface area contributed by atoms with E-state index in [4.69, 9.17) is 0 Å². The second-order valence-corrected chi connectivity index (χ2v) is 12.3. The molecule has 2 unspecified atom stereocenters. The van der Waals surface area contributed by atoms with Crippen LogP contribution in [0.2, 0.25) is 0 Å². The summed E-state index contributed by atoms with van der Waals surface area (Å²) in [6, 6.07) is 16.8. The van der Waals surface area contributed by atoms with E-state index < -0.39 is 17.7 Å². The fourth-order valence-electron chi connectivity index (χ4n) is 8.33. The predicted molar refractivity (Wildman–Crippen MR) is 152 cm³/mol. The second kappa shape index (κ2) is 10.6. The Labute approximate surface area is 234 Å². The molecule has 1 heterocycles. The van der Waals surface area contributed by atoms with Crippen LogP contribution in [0.15, 0.2) is 60.8 Å². The highest BCUT2D eigenvalue weighted by atomic mass is 16.4. The van der Waals surface area contributed by atoms with Crippen LogP contribution in [0.25, 0.3) is 10.9 Å². The summed E-state index contributed by atoms with van der Waals surface area (Å²) in [5.41, 5.74) is 1.38. The summed E-state index contributed by atoms with van der Waals surface area (Å²) in [5.74, 6) is 1.60. The van der Waals surface area contributed by atoms with Crippen molar-refractivity contribution < 1.29 is 19.5 Å². The van der Waals surface area contributed by atoms with E-state index in [0.29, 0.717) is 18.2 Å². The zero-order chi connectivity index (χ0) is 27.9. The summed E-state index contributed by atoms with van der Waals surface area (Å²) < 4.78 is 0. The number of H-pyrrole nitrogens is 1. The topological polar surface area (TPSA) is 115 Å². The van der Waals surface area contributed by atoms with Crippen molar-refractivity contribution in [1.82, 2.24) is 20.5 Å². The number of aromatic amines is 1. The Kier molecular flexibility index (Phi) is 7.02.